The minimum absolute atomic E-state index is 0.346. The Bertz CT molecular complexity index is 403. The largest absolute Gasteiger partial charge is 0.295 e. The molecule has 0 bridgehead atoms. The highest BCUT2D eigenvalue weighted by Gasteiger charge is 2.27. The lowest BCUT2D eigenvalue weighted by Crippen LogP contribution is -2.31. The van der Waals surface area contributed by atoms with Gasteiger partial charge in [0.2, 0.25) is 0 Å². The summed E-state index contributed by atoms with van der Waals surface area (Å²) in [5.41, 5.74) is 3.38. The van der Waals surface area contributed by atoms with Gasteiger partial charge in [-0.15, -0.1) is 0 Å². The van der Waals surface area contributed by atoms with Crippen LogP contribution >= 0.6 is 0 Å². The first-order chi connectivity index (χ1) is 8.24. The predicted molar refractivity (Wildman–Crippen MR) is 65.0 cm³/mol. The van der Waals surface area contributed by atoms with E-state index in [9.17, 15) is 4.79 Å². The Hall–Kier alpha value is -1.46. The van der Waals surface area contributed by atoms with E-state index in [0.717, 1.165) is 18.8 Å². The molecular formula is C12H18N4O. The standard InChI is InChI=1S/C12H18N4O/c1-2-16(10-6-7-10)8-9-4-3-5-11(14-9)12(17)15-13/h3-5,10H,2,6-8,13H2,1H3,(H,15,17). The fourth-order valence-corrected chi connectivity index (χ4v) is 1.91. The lowest BCUT2D eigenvalue weighted by molar-refractivity contribution is 0.0948. The van der Waals surface area contributed by atoms with Crippen molar-refractivity contribution in [1.82, 2.24) is 15.3 Å². The summed E-state index contributed by atoms with van der Waals surface area (Å²) in [7, 11) is 0. The van der Waals surface area contributed by atoms with Gasteiger partial charge < -0.3 is 0 Å². The molecule has 1 aromatic heterocycles. The number of hydrogen-bond acceptors (Lipinski definition) is 4. The number of hydrogen-bond donors (Lipinski definition) is 2. The van der Waals surface area contributed by atoms with Crippen molar-refractivity contribution in [3.63, 3.8) is 0 Å². The third kappa shape index (κ3) is 3.01. The van der Waals surface area contributed by atoms with Gasteiger partial charge in [0.05, 0.1) is 5.69 Å². The molecule has 0 saturated heterocycles. The molecule has 0 unspecified atom stereocenters. The minimum Gasteiger partial charge on any atom is -0.295 e. The second kappa shape index (κ2) is 5.25. The number of nitrogens with one attached hydrogen (secondary N) is 1. The molecule has 3 N–H and O–H groups in total. The third-order valence-corrected chi connectivity index (χ3v) is 3.01. The first-order valence-electron chi connectivity index (χ1n) is 5.95. The van der Waals surface area contributed by atoms with Crippen LogP contribution in [0.1, 0.15) is 35.9 Å². The van der Waals surface area contributed by atoms with Crippen LogP contribution in [0.2, 0.25) is 0 Å². The van der Waals surface area contributed by atoms with Crippen LogP contribution in [0.5, 0.6) is 0 Å². The van der Waals surface area contributed by atoms with Crippen molar-refractivity contribution in [2.75, 3.05) is 6.54 Å². The maximum atomic E-state index is 11.4. The number of nitrogens with zero attached hydrogens (tertiary/aromatic N) is 2. The van der Waals surface area contributed by atoms with E-state index < -0.39 is 0 Å². The van der Waals surface area contributed by atoms with Crippen LogP contribution in [0.25, 0.3) is 0 Å². The number of carbonyl (C=O) groups is 1. The summed E-state index contributed by atoms with van der Waals surface area (Å²) in [6, 6.07) is 6.15. The van der Waals surface area contributed by atoms with Gasteiger partial charge in [-0.3, -0.25) is 15.1 Å². The topological polar surface area (TPSA) is 71.2 Å². The number of aromatic nitrogens is 1. The fourth-order valence-electron chi connectivity index (χ4n) is 1.91. The SMILES string of the molecule is CCN(Cc1cccc(C(=O)NN)n1)C1CC1. The van der Waals surface area contributed by atoms with Crippen molar-refractivity contribution in [2.24, 2.45) is 5.84 Å². The van der Waals surface area contributed by atoms with Crippen LogP contribution in [0.15, 0.2) is 18.2 Å². The summed E-state index contributed by atoms with van der Waals surface area (Å²) >= 11 is 0. The second-order valence-electron chi connectivity index (χ2n) is 4.28. The molecule has 1 aliphatic carbocycles. The zero-order chi connectivity index (χ0) is 12.3. The van der Waals surface area contributed by atoms with E-state index in [1.807, 2.05) is 12.1 Å². The van der Waals surface area contributed by atoms with Gasteiger partial charge in [0.25, 0.3) is 5.91 Å². The zero-order valence-electron chi connectivity index (χ0n) is 10.0. The van der Waals surface area contributed by atoms with E-state index in [2.05, 4.69) is 22.2 Å². The highest BCUT2D eigenvalue weighted by Crippen LogP contribution is 2.27. The van der Waals surface area contributed by atoms with Crippen LogP contribution in [-0.4, -0.2) is 28.4 Å². The number of carbonyl (C=O) groups excluding carboxylic acids is 1. The van der Waals surface area contributed by atoms with Crippen molar-refractivity contribution in [3.8, 4) is 0 Å². The maximum absolute atomic E-state index is 11.4. The van der Waals surface area contributed by atoms with E-state index in [-0.39, 0.29) is 5.91 Å². The summed E-state index contributed by atoms with van der Waals surface area (Å²) in [5, 5.41) is 0. The number of amides is 1. The Morgan fingerprint density at radius 2 is 2.35 bits per heavy atom. The minimum atomic E-state index is -0.346. The maximum Gasteiger partial charge on any atom is 0.283 e. The lowest BCUT2D eigenvalue weighted by atomic mass is 10.2. The molecule has 0 spiro atoms. The predicted octanol–water partition coefficient (Wildman–Crippen LogP) is 0.669. The normalized spacial score (nSPS) is 15.0. The molecule has 5 heteroatoms. The molecule has 0 radical (unpaired) electrons. The number of rotatable bonds is 5. The van der Waals surface area contributed by atoms with Gasteiger partial charge in [0.1, 0.15) is 5.69 Å². The van der Waals surface area contributed by atoms with E-state index in [1.165, 1.54) is 12.8 Å². The quantitative estimate of drug-likeness (QED) is 0.446. The number of nitrogens with two attached hydrogens (primary N) is 1. The molecule has 92 valence electrons. The summed E-state index contributed by atoms with van der Waals surface area (Å²) in [4.78, 5) is 18.0. The molecule has 1 saturated carbocycles. The molecule has 1 heterocycles. The smallest absolute Gasteiger partial charge is 0.283 e. The first kappa shape index (κ1) is 12.0. The zero-order valence-corrected chi connectivity index (χ0v) is 10.0. The molecule has 2 rings (SSSR count). The summed E-state index contributed by atoms with van der Waals surface area (Å²) < 4.78 is 0. The molecule has 1 aromatic rings. The Morgan fingerprint density at radius 3 is 2.94 bits per heavy atom. The monoisotopic (exact) mass is 234 g/mol. The van der Waals surface area contributed by atoms with Crippen LogP contribution in [-0.2, 0) is 6.54 Å². The molecule has 0 atom stereocenters. The molecule has 1 aliphatic rings. The molecule has 0 aliphatic heterocycles. The van der Waals surface area contributed by atoms with Gasteiger partial charge in [-0.1, -0.05) is 13.0 Å². The van der Waals surface area contributed by atoms with E-state index in [1.54, 1.807) is 6.07 Å². The molecule has 17 heavy (non-hydrogen) atoms. The van der Waals surface area contributed by atoms with Gasteiger partial charge >= 0.3 is 0 Å². The molecular weight excluding hydrogens is 216 g/mol. The van der Waals surface area contributed by atoms with Crippen LogP contribution in [0.4, 0.5) is 0 Å². The Labute approximate surface area is 101 Å². The van der Waals surface area contributed by atoms with Crippen LogP contribution < -0.4 is 11.3 Å². The van der Waals surface area contributed by atoms with Gasteiger partial charge in [-0.25, -0.2) is 10.8 Å². The summed E-state index contributed by atoms with van der Waals surface area (Å²) in [5.74, 6) is 4.74. The fraction of sp³-hybridized carbons (Fsp3) is 0.500. The van der Waals surface area contributed by atoms with E-state index in [4.69, 9.17) is 5.84 Å². The number of nitrogen functional groups attached to an aromatic ring is 1. The summed E-state index contributed by atoms with van der Waals surface area (Å²) in [6.07, 6.45) is 2.55. The highest BCUT2D eigenvalue weighted by atomic mass is 16.2. The van der Waals surface area contributed by atoms with Gasteiger partial charge in [-0.2, -0.15) is 0 Å². The van der Waals surface area contributed by atoms with Crippen molar-refractivity contribution in [3.05, 3.63) is 29.6 Å². The Morgan fingerprint density at radius 1 is 1.59 bits per heavy atom. The van der Waals surface area contributed by atoms with Gasteiger partial charge in [0.15, 0.2) is 0 Å². The highest BCUT2D eigenvalue weighted by molar-refractivity contribution is 5.91. The van der Waals surface area contributed by atoms with E-state index in [0.29, 0.717) is 11.7 Å². The lowest BCUT2D eigenvalue weighted by Gasteiger charge is -2.19. The second-order valence-corrected chi connectivity index (χ2v) is 4.28. The summed E-state index contributed by atoms with van der Waals surface area (Å²) in [6.45, 7) is 3.96. The average molecular weight is 234 g/mol. The van der Waals surface area contributed by atoms with Crippen LogP contribution in [0, 0.1) is 0 Å². The molecule has 1 fully saturated rings. The average Bonchev–Trinajstić information content (AvgIpc) is 3.19. The van der Waals surface area contributed by atoms with Crippen molar-refractivity contribution >= 4 is 5.91 Å². The Balaban J connectivity index is 2.07. The number of pyridine rings is 1. The number of hydrazine groups is 1. The molecule has 5 nitrogen and oxygen atoms in total. The van der Waals surface area contributed by atoms with E-state index >= 15 is 0 Å². The van der Waals surface area contributed by atoms with Crippen molar-refractivity contribution < 1.29 is 4.79 Å². The van der Waals surface area contributed by atoms with Gasteiger partial charge in [0, 0.05) is 12.6 Å². The molecule has 0 aromatic carbocycles. The van der Waals surface area contributed by atoms with Crippen molar-refractivity contribution in [1.29, 1.82) is 0 Å². The molecule has 1 amide bonds. The van der Waals surface area contributed by atoms with Crippen LogP contribution in [0.3, 0.4) is 0 Å². The van der Waals surface area contributed by atoms with Gasteiger partial charge in [-0.05, 0) is 31.5 Å². The Kier molecular flexibility index (Phi) is 3.71. The third-order valence-electron chi connectivity index (χ3n) is 3.01. The first-order valence-corrected chi connectivity index (χ1v) is 5.95. The van der Waals surface area contributed by atoms with Crippen molar-refractivity contribution in [2.45, 2.75) is 32.4 Å².